The second-order valence-electron chi connectivity index (χ2n) is 6.07. The predicted octanol–water partition coefficient (Wildman–Crippen LogP) is 4.11. The van der Waals surface area contributed by atoms with Crippen LogP contribution in [-0.4, -0.2) is 16.2 Å². The third-order valence-corrected chi connectivity index (χ3v) is 5.63. The van der Waals surface area contributed by atoms with E-state index in [1.54, 1.807) is 18.2 Å². The van der Waals surface area contributed by atoms with Crippen molar-refractivity contribution in [3.8, 4) is 23.1 Å². The summed E-state index contributed by atoms with van der Waals surface area (Å²) in [6.07, 6.45) is 4.01. The van der Waals surface area contributed by atoms with Gasteiger partial charge in [0.2, 0.25) is 0 Å². The Morgan fingerprint density at radius 3 is 2.92 bits per heavy atom. The fourth-order valence-corrected chi connectivity index (χ4v) is 4.37. The third-order valence-electron chi connectivity index (χ3n) is 4.42. The van der Waals surface area contributed by atoms with Crippen LogP contribution in [0.3, 0.4) is 0 Å². The second-order valence-corrected chi connectivity index (χ2v) is 7.18. The number of hydrogen-bond donors (Lipinski definition) is 2. The summed E-state index contributed by atoms with van der Waals surface area (Å²) in [7, 11) is 0. The number of nitriles is 1. The maximum Gasteiger partial charge on any atom is 0.278 e. The molecule has 6 nitrogen and oxygen atoms in total. The van der Waals surface area contributed by atoms with Crippen LogP contribution in [0.25, 0.3) is 11.3 Å². The average molecular weight is 365 g/mol. The van der Waals surface area contributed by atoms with Crippen molar-refractivity contribution in [2.45, 2.75) is 25.7 Å². The van der Waals surface area contributed by atoms with E-state index in [1.807, 2.05) is 0 Å². The standard InChI is InChI=1S/C19H15N3O3S/c20-10-13-11-5-2-4-8-17(11)26-19(13)21-18(24)14-9-16(25-22-14)12-6-1-3-7-15(12)23/h1,3,6-7,9,23H,2,4-5,8H2,(H,21,24). The van der Waals surface area contributed by atoms with Gasteiger partial charge in [0.15, 0.2) is 11.5 Å². The van der Waals surface area contributed by atoms with Crippen molar-refractivity contribution < 1.29 is 14.4 Å². The van der Waals surface area contributed by atoms with Gasteiger partial charge in [-0.2, -0.15) is 5.26 Å². The molecule has 0 bridgehead atoms. The monoisotopic (exact) mass is 365 g/mol. The number of amides is 1. The molecule has 3 aromatic rings. The van der Waals surface area contributed by atoms with Gasteiger partial charge in [-0.25, -0.2) is 0 Å². The summed E-state index contributed by atoms with van der Waals surface area (Å²) in [5.41, 5.74) is 2.18. The molecule has 0 saturated carbocycles. The third kappa shape index (κ3) is 2.85. The molecule has 7 heteroatoms. The molecule has 1 aliphatic rings. The summed E-state index contributed by atoms with van der Waals surface area (Å²) < 4.78 is 5.20. The van der Waals surface area contributed by atoms with Crippen LogP contribution in [0.2, 0.25) is 0 Å². The molecule has 1 aromatic carbocycles. The lowest BCUT2D eigenvalue weighted by atomic mass is 9.96. The molecular formula is C19H15N3O3S. The Bertz CT molecular complexity index is 1030. The largest absolute Gasteiger partial charge is 0.507 e. The summed E-state index contributed by atoms with van der Waals surface area (Å²) in [4.78, 5) is 13.7. The Labute approximate surface area is 153 Å². The van der Waals surface area contributed by atoms with Crippen LogP contribution < -0.4 is 5.32 Å². The summed E-state index contributed by atoms with van der Waals surface area (Å²) in [5.74, 6) is -0.0851. The van der Waals surface area contributed by atoms with Crippen molar-refractivity contribution in [1.29, 1.82) is 5.26 Å². The van der Waals surface area contributed by atoms with E-state index in [9.17, 15) is 15.2 Å². The molecule has 1 amide bonds. The number of benzene rings is 1. The van der Waals surface area contributed by atoms with Crippen LogP contribution in [0, 0.1) is 11.3 Å². The van der Waals surface area contributed by atoms with E-state index in [4.69, 9.17) is 4.52 Å². The first-order chi connectivity index (χ1) is 12.7. The molecule has 0 aliphatic heterocycles. The van der Waals surface area contributed by atoms with Gasteiger partial charge in [0.1, 0.15) is 16.8 Å². The SMILES string of the molecule is N#Cc1c(NC(=O)c2cc(-c3ccccc3O)on2)sc2c1CCCC2. The summed E-state index contributed by atoms with van der Waals surface area (Å²) in [6, 6.07) is 10.4. The van der Waals surface area contributed by atoms with Gasteiger partial charge in [0, 0.05) is 10.9 Å². The summed E-state index contributed by atoms with van der Waals surface area (Å²) in [5, 5.41) is 26.5. The molecule has 2 N–H and O–H groups in total. The Morgan fingerprint density at radius 1 is 1.31 bits per heavy atom. The zero-order valence-electron chi connectivity index (χ0n) is 13.8. The van der Waals surface area contributed by atoms with Crippen molar-refractivity contribution in [2.75, 3.05) is 5.32 Å². The van der Waals surface area contributed by atoms with E-state index in [2.05, 4.69) is 16.5 Å². The number of carbonyl (C=O) groups is 1. The zero-order valence-corrected chi connectivity index (χ0v) is 14.6. The quantitative estimate of drug-likeness (QED) is 0.727. The van der Waals surface area contributed by atoms with Crippen LogP contribution in [0.1, 0.15) is 39.3 Å². The number of hydrogen-bond acceptors (Lipinski definition) is 6. The number of nitrogens with zero attached hydrogens (tertiary/aromatic N) is 2. The number of aromatic nitrogens is 1. The number of nitrogens with one attached hydrogen (secondary N) is 1. The highest BCUT2D eigenvalue weighted by Gasteiger charge is 2.23. The first-order valence-corrected chi connectivity index (χ1v) is 9.10. The van der Waals surface area contributed by atoms with Crippen molar-refractivity contribution in [3.05, 3.63) is 52.0 Å². The highest BCUT2D eigenvalue weighted by atomic mass is 32.1. The van der Waals surface area contributed by atoms with Crippen LogP contribution >= 0.6 is 11.3 Å². The van der Waals surface area contributed by atoms with E-state index in [1.165, 1.54) is 28.3 Å². The molecule has 4 rings (SSSR count). The van der Waals surface area contributed by atoms with E-state index >= 15 is 0 Å². The number of thiophene rings is 1. The van der Waals surface area contributed by atoms with Gasteiger partial charge >= 0.3 is 0 Å². The number of aryl methyl sites for hydroxylation is 1. The molecule has 0 fully saturated rings. The van der Waals surface area contributed by atoms with Crippen LogP contribution in [0.15, 0.2) is 34.9 Å². The first-order valence-electron chi connectivity index (χ1n) is 8.28. The van der Waals surface area contributed by atoms with E-state index in [0.29, 0.717) is 21.9 Å². The second kappa shape index (κ2) is 6.65. The van der Waals surface area contributed by atoms with Gasteiger partial charge in [0.05, 0.1) is 11.1 Å². The molecule has 0 spiro atoms. The van der Waals surface area contributed by atoms with Gasteiger partial charge in [-0.15, -0.1) is 11.3 Å². The molecule has 0 saturated heterocycles. The number of phenols is 1. The number of aromatic hydroxyl groups is 1. The Morgan fingerprint density at radius 2 is 2.12 bits per heavy atom. The highest BCUT2D eigenvalue weighted by molar-refractivity contribution is 7.16. The van der Waals surface area contributed by atoms with Crippen LogP contribution in [0.4, 0.5) is 5.00 Å². The lowest BCUT2D eigenvalue weighted by Crippen LogP contribution is -2.12. The molecule has 2 heterocycles. The first kappa shape index (κ1) is 16.4. The van der Waals surface area contributed by atoms with Crippen LogP contribution in [0.5, 0.6) is 5.75 Å². The zero-order chi connectivity index (χ0) is 18.1. The number of anilines is 1. The Balaban J connectivity index is 1.59. The van der Waals surface area contributed by atoms with Gasteiger partial charge in [0.25, 0.3) is 5.91 Å². The topological polar surface area (TPSA) is 99.2 Å². The molecule has 26 heavy (non-hydrogen) atoms. The fraction of sp³-hybridized carbons (Fsp3) is 0.211. The summed E-state index contributed by atoms with van der Waals surface area (Å²) in [6.45, 7) is 0. The van der Waals surface area contributed by atoms with Crippen molar-refractivity contribution >= 4 is 22.2 Å². The molecule has 0 unspecified atom stereocenters. The van der Waals surface area contributed by atoms with E-state index < -0.39 is 5.91 Å². The van der Waals surface area contributed by atoms with Gasteiger partial charge < -0.3 is 14.9 Å². The van der Waals surface area contributed by atoms with E-state index in [0.717, 1.165) is 31.2 Å². The minimum atomic E-state index is -0.439. The number of rotatable bonds is 3. The van der Waals surface area contributed by atoms with Crippen molar-refractivity contribution in [1.82, 2.24) is 5.16 Å². The summed E-state index contributed by atoms with van der Waals surface area (Å²) >= 11 is 1.46. The highest BCUT2D eigenvalue weighted by Crippen LogP contribution is 2.38. The minimum Gasteiger partial charge on any atom is -0.507 e. The lowest BCUT2D eigenvalue weighted by Gasteiger charge is -2.09. The molecule has 2 aromatic heterocycles. The van der Waals surface area contributed by atoms with Crippen molar-refractivity contribution in [2.24, 2.45) is 0 Å². The number of para-hydroxylation sites is 1. The number of carbonyl (C=O) groups excluding carboxylic acids is 1. The lowest BCUT2D eigenvalue weighted by molar-refractivity contribution is 0.101. The number of phenolic OH excluding ortho intramolecular Hbond substituents is 1. The van der Waals surface area contributed by atoms with E-state index in [-0.39, 0.29) is 11.4 Å². The Hall–Kier alpha value is -3.11. The maximum atomic E-state index is 12.5. The molecule has 0 radical (unpaired) electrons. The molecule has 130 valence electrons. The fourth-order valence-electron chi connectivity index (χ4n) is 3.13. The smallest absolute Gasteiger partial charge is 0.278 e. The molecule has 1 aliphatic carbocycles. The van der Waals surface area contributed by atoms with Crippen LogP contribution in [-0.2, 0) is 12.8 Å². The van der Waals surface area contributed by atoms with Gasteiger partial charge in [-0.05, 0) is 43.4 Å². The molecular weight excluding hydrogens is 350 g/mol. The normalized spacial score (nSPS) is 13.0. The maximum absolute atomic E-state index is 12.5. The number of fused-ring (bicyclic) bond motifs is 1. The van der Waals surface area contributed by atoms with Gasteiger partial charge in [-0.1, -0.05) is 17.3 Å². The Kier molecular flexibility index (Phi) is 4.19. The average Bonchev–Trinajstić information content (AvgIpc) is 3.26. The minimum absolute atomic E-state index is 0.0494. The van der Waals surface area contributed by atoms with Gasteiger partial charge in [-0.3, -0.25) is 4.79 Å². The predicted molar refractivity (Wildman–Crippen MR) is 97.2 cm³/mol. The molecule has 0 atom stereocenters. The van der Waals surface area contributed by atoms with Crippen molar-refractivity contribution in [3.63, 3.8) is 0 Å².